The predicted octanol–water partition coefficient (Wildman–Crippen LogP) is 3.28. The van der Waals surface area contributed by atoms with Gasteiger partial charge in [0.15, 0.2) is 0 Å². The van der Waals surface area contributed by atoms with Crippen LogP contribution >= 0.6 is 0 Å². The van der Waals surface area contributed by atoms with E-state index in [1.165, 1.54) is 56.7 Å². The highest BCUT2D eigenvalue weighted by Gasteiger charge is 2.51. The quantitative estimate of drug-likeness (QED) is 0.767. The van der Waals surface area contributed by atoms with E-state index in [9.17, 15) is 14.0 Å². The van der Waals surface area contributed by atoms with Gasteiger partial charge in [0.25, 0.3) is 5.91 Å². The molecule has 4 saturated carbocycles. The molecule has 1 aromatic carbocycles. The van der Waals surface area contributed by atoms with Gasteiger partial charge in [0.2, 0.25) is 5.91 Å². The minimum Gasteiger partial charge on any atom is -0.354 e. The number of carbonyl (C=O) groups is 2. The van der Waals surface area contributed by atoms with Crippen LogP contribution in [0.5, 0.6) is 0 Å². The monoisotopic (exact) mass is 358 g/mol. The van der Waals surface area contributed by atoms with E-state index in [0.717, 1.165) is 17.8 Å². The van der Waals surface area contributed by atoms with Crippen molar-refractivity contribution in [1.82, 2.24) is 10.6 Å². The van der Waals surface area contributed by atoms with E-state index in [0.29, 0.717) is 25.1 Å². The van der Waals surface area contributed by atoms with Crippen LogP contribution in [0, 0.1) is 29.0 Å². The zero-order valence-corrected chi connectivity index (χ0v) is 15.1. The summed E-state index contributed by atoms with van der Waals surface area (Å²) < 4.78 is 13.1. The molecule has 0 heterocycles. The Morgan fingerprint density at radius 1 is 1.00 bits per heavy atom. The van der Waals surface area contributed by atoms with Gasteiger partial charge in [-0.05, 0) is 79.9 Å². The lowest BCUT2D eigenvalue weighted by Crippen LogP contribution is -2.48. The van der Waals surface area contributed by atoms with Crippen molar-refractivity contribution in [1.29, 1.82) is 0 Å². The zero-order valence-electron chi connectivity index (χ0n) is 15.1. The molecule has 4 nitrogen and oxygen atoms in total. The van der Waals surface area contributed by atoms with Crippen molar-refractivity contribution in [2.75, 3.05) is 13.1 Å². The van der Waals surface area contributed by atoms with Crippen molar-refractivity contribution < 1.29 is 14.0 Å². The Morgan fingerprint density at radius 3 is 2.23 bits per heavy atom. The summed E-state index contributed by atoms with van der Waals surface area (Å²) in [7, 11) is 0. The first-order chi connectivity index (χ1) is 12.5. The smallest absolute Gasteiger partial charge is 0.251 e. The number of hydrogen-bond donors (Lipinski definition) is 2. The fraction of sp³-hybridized carbons (Fsp3) is 0.619. The van der Waals surface area contributed by atoms with Crippen LogP contribution in [0.4, 0.5) is 4.39 Å². The van der Waals surface area contributed by atoms with E-state index in [2.05, 4.69) is 10.6 Å². The average Bonchev–Trinajstić information content (AvgIpc) is 2.57. The summed E-state index contributed by atoms with van der Waals surface area (Å²) in [6.45, 7) is 0.758. The molecule has 2 amide bonds. The fourth-order valence-corrected chi connectivity index (χ4v) is 6.02. The molecule has 0 aliphatic heterocycles. The van der Waals surface area contributed by atoms with Crippen molar-refractivity contribution in [3.63, 3.8) is 0 Å². The molecule has 0 spiro atoms. The zero-order chi connectivity index (χ0) is 18.1. The van der Waals surface area contributed by atoms with Crippen molar-refractivity contribution in [3.8, 4) is 0 Å². The first-order valence-electron chi connectivity index (χ1n) is 9.82. The van der Waals surface area contributed by atoms with Crippen molar-refractivity contribution in [3.05, 3.63) is 35.6 Å². The van der Waals surface area contributed by atoms with Crippen LogP contribution in [0.15, 0.2) is 24.3 Å². The molecule has 1 aromatic rings. The first kappa shape index (κ1) is 17.5. The second kappa shape index (κ2) is 7.01. The highest BCUT2D eigenvalue weighted by Crippen LogP contribution is 2.61. The lowest BCUT2D eigenvalue weighted by molar-refractivity contribution is -0.129. The van der Waals surface area contributed by atoms with Gasteiger partial charge in [0.1, 0.15) is 5.82 Å². The highest BCUT2D eigenvalue weighted by atomic mass is 19.1. The van der Waals surface area contributed by atoms with Gasteiger partial charge in [-0.3, -0.25) is 9.59 Å². The van der Waals surface area contributed by atoms with E-state index in [4.69, 9.17) is 0 Å². The molecule has 2 N–H and O–H groups in total. The standard InChI is InChI=1S/C21H27FN2O2/c22-18-3-1-2-17(9-18)20(26)24-5-4-23-19(25)13-21-10-14-6-15(11-21)8-16(7-14)12-21/h1-3,9,14-16H,4-8,10-13H2,(H,23,25)(H,24,26). The molecule has 0 aromatic heterocycles. The number of rotatable bonds is 6. The summed E-state index contributed by atoms with van der Waals surface area (Å²) in [6, 6.07) is 5.60. The molecule has 4 bridgehead atoms. The molecular formula is C21H27FN2O2. The predicted molar refractivity (Wildman–Crippen MR) is 97.0 cm³/mol. The first-order valence-corrected chi connectivity index (χ1v) is 9.82. The van der Waals surface area contributed by atoms with Crippen LogP contribution in [0.3, 0.4) is 0 Å². The summed E-state index contributed by atoms with van der Waals surface area (Å²) in [4.78, 5) is 24.4. The fourth-order valence-electron chi connectivity index (χ4n) is 6.02. The molecule has 0 atom stereocenters. The van der Waals surface area contributed by atoms with Gasteiger partial charge in [0.05, 0.1) is 0 Å². The Bertz CT molecular complexity index is 668. The molecule has 0 unspecified atom stereocenters. The highest BCUT2D eigenvalue weighted by molar-refractivity contribution is 5.94. The number of benzene rings is 1. The van der Waals surface area contributed by atoms with Crippen molar-refractivity contribution in [2.24, 2.45) is 23.2 Å². The number of halogens is 1. The van der Waals surface area contributed by atoms with Gasteiger partial charge in [-0.1, -0.05) is 6.07 Å². The summed E-state index contributed by atoms with van der Waals surface area (Å²) in [5.41, 5.74) is 0.536. The molecule has 5 rings (SSSR count). The molecule has 4 fully saturated rings. The molecule has 0 radical (unpaired) electrons. The van der Waals surface area contributed by atoms with E-state index in [-0.39, 0.29) is 17.2 Å². The van der Waals surface area contributed by atoms with Gasteiger partial charge in [-0.25, -0.2) is 4.39 Å². The Balaban J connectivity index is 1.21. The second-order valence-electron chi connectivity index (χ2n) is 8.71. The van der Waals surface area contributed by atoms with Crippen molar-refractivity contribution >= 4 is 11.8 Å². The second-order valence-corrected chi connectivity index (χ2v) is 8.71. The lowest BCUT2D eigenvalue weighted by atomic mass is 9.49. The van der Waals surface area contributed by atoms with Crippen LogP contribution in [-0.2, 0) is 4.79 Å². The number of hydrogen-bond acceptors (Lipinski definition) is 2. The van der Waals surface area contributed by atoms with Gasteiger partial charge >= 0.3 is 0 Å². The molecule has 140 valence electrons. The Hall–Kier alpha value is -1.91. The summed E-state index contributed by atoms with van der Waals surface area (Å²) in [6.07, 6.45) is 8.45. The largest absolute Gasteiger partial charge is 0.354 e. The van der Waals surface area contributed by atoms with Gasteiger partial charge in [-0.15, -0.1) is 0 Å². The van der Waals surface area contributed by atoms with Crippen LogP contribution in [0.2, 0.25) is 0 Å². The maximum atomic E-state index is 13.1. The van der Waals surface area contributed by atoms with Crippen LogP contribution in [-0.4, -0.2) is 24.9 Å². The van der Waals surface area contributed by atoms with Crippen molar-refractivity contribution in [2.45, 2.75) is 44.9 Å². The molecule has 4 aliphatic carbocycles. The van der Waals surface area contributed by atoms with E-state index in [1.54, 1.807) is 6.07 Å². The van der Waals surface area contributed by atoms with Crippen LogP contribution in [0.25, 0.3) is 0 Å². The molecule has 4 aliphatic rings. The number of nitrogens with one attached hydrogen (secondary N) is 2. The molecule has 0 saturated heterocycles. The van der Waals surface area contributed by atoms with Crippen LogP contribution < -0.4 is 10.6 Å². The Kier molecular flexibility index (Phi) is 4.72. The minimum absolute atomic E-state index is 0.104. The third-order valence-electron chi connectivity index (χ3n) is 6.52. The van der Waals surface area contributed by atoms with Gasteiger partial charge in [-0.2, -0.15) is 0 Å². The molecular weight excluding hydrogens is 331 g/mol. The normalized spacial score (nSPS) is 31.7. The van der Waals surface area contributed by atoms with E-state index >= 15 is 0 Å². The third-order valence-corrected chi connectivity index (χ3v) is 6.52. The minimum atomic E-state index is -0.429. The topological polar surface area (TPSA) is 58.2 Å². The third kappa shape index (κ3) is 3.76. The van der Waals surface area contributed by atoms with Crippen LogP contribution in [0.1, 0.15) is 55.3 Å². The Labute approximate surface area is 153 Å². The summed E-state index contributed by atoms with van der Waals surface area (Å²) >= 11 is 0. The summed E-state index contributed by atoms with van der Waals surface area (Å²) in [5, 5.41) is 5.67. The number of carbonyl (C=O) groups excluding carboxylic acids is 2. The summed E-state index contributed by atoms with van der Waals surface area (Å²) in [5.74, 6) is 1.90. The Morgan fingerprint density at radius 2 is 1.62 bits per heavy atom. The van der Waals surface area contributed by atoms with Gasteiger partial charge in [0, 0.05) is 25.1 Å². The molecule has 26 heavy (non-hydrogen) atoms. The number of amides is 2. The van der Waals surface area contributed by atoms with E-state index < -0.39 is 5.82 Å². The molecule has 5 heteroatoms. The SMILES string of the molecule is O=C(CC12CC3CC(CC(C3)C1)C2)NCCNC(=O)c1cccc(F)c1. The maximum Gasteiger partial charge on any atom is 0.251 e. The lowest BCUT2D eigenvalue weighted by Gasteiger charge is -2.56. The van der Waals surface area contributed by atoms with E-state index in [1.807, 2.05) is 0 Å². The van der Waals surface area contributed by atoms with Gasteiger partial charge < -0.3 is 10.6 Å². The maximum absolute atomic E-state index is 13.1. The average molecular weight is 358 g/mol.